The quantitative estimate of drug-likeness (QED) is 0.330. The van der Waals surface area contributed by atoms with Gasteiger partial charge in [-0.3, -0.25) is 4.79 Å². The Kier molecular flexibility index (Phi) is 5.80. The molecule has 1 aliphatic heterocycles. The molecule has 5 atom stereocenters. The summed E-state index contributed by atoms with van der Waals surface area (Å²) in [5, 5.41) is 60.2. The second kappa shape index (κ2) is 8.41. The molecule has 0 amide bonds. The smallest absolute Gasteiger partial charge is 0.197 e. The molecule has 0 bridgehead atoms. The van der Waals surface area contributed by atoms with Gasteiger partial charge in [-0.2, -0.15) is 0 Å². The minimum Gasteiger partial charge on any atom is -0.508 e. The number of aliphatic hydroxyl groups excluding tert-OH is 4. The molecule has 4 rings (SSSR count). The van der Waals surface area contributed by atoms with Crippen LogP contribution in [-0.4, -0.2) is 68.8 Å². The lowest BCUT2D eigenvalue weighted by atomic mass is 9.89. The van der Waals surface area contributed by atoms with E-state index in [1.807, 2.05) is 0 Å². The Morgan fingerprint density at radius 1 is 1.00 bits per heavy atom. The van der Waals surface area contributed by atoms with Crippen LogP contribution in [0.3, 0.4) is 0 Å². The molecule has 6 N–H and O–H groups in total. The molecule has 1 saturated heterocycles. The molecule has 32 heavy (non-hydrogen) atoms. The highest BCUT2D eigenvalue weighted by Gasteiger charge is 2.46. The molecule has 1 aliphatic rings. The Balaban J connectivity index is 1.99. The average Bonchev–Trinajstić information content (AvgIpc) is 2.78. The number of rotatable bonds is 4. The highest BCUT2D eigenvalue weighted by atomic mass is 16.5. The molecule has 0 spiro atoms. The summed E-state index contributed by atoms with van der Waals surface area (Å²) in [6.45, 7) is -0.650. The maximum atomic E-state index is 12.9. The molecule has 10 nitrogen and oxygen atoms in total. The lowest BCUT2D eigenvalue weighted by Crippen LogP contribution is -2.55. The van der Waals surface area contributed by atoms with Gasteiger partial charge in [-0.1, -0.05) is 0 Å². The number of hydrogen-bond acceptors (Lipinski definition) is 10. The second-order valence-electron chi connectivity index (χ2n) is 7.49. The zero-order chi connectivity index (χ0) is 23.2. The van der Waals surface area contributed by atoms with Crippen molar-refractivity contribution in [1.29, 1.82) is 0 Å². The van der Waals surface area contributed by atoms with Crippen LogP contribution in [0.1, 0.15) is 11.7 Å². The lowest BCUT2D eigenvalue weighted by molar-refractivity contribution is -0.231. The molecule has 170 valence electrons. The molecule has 0 aliphatic carbocycles. The topological polar surface area (TPSA) is 170 Å². The third-order valence-corrected chi connectivity index (χ3v) is 5.53. The van der Waals surface area contributed by atoms with Crippen LogP contribution in [0, 0.1) is 0 Å². The zero-order valence-electron chi connectivity index (χ0n) is 16.9. The van der Waals surface area contributed by atoms with Crippen molar-refractivity contribution in [1.82, 2.24) is 0 Å². The first kappa shape index (κ1) is 22.1. The fraction of sp³-hybridized carbons (Fsp3) is 0.318. The number of phenols is 2. The molecule has 0 saturated carbocycles. The number of ether oxygens (including phenoxy) is 2. The lowest BCUT2D eigenvalue weighted by Gasteiger charge is -2.40. The number of methoxy groups -OCH3 is 1. The average molecular weight is 446 g/mol. The Hall–Kier alpha value is -3.15. The fourth-order valence-corrected chi connectivity index (χ4v) is 3.86. The largest absolute Gasteiger partial charge is 0.508 e. The molecular formula is C22H22O10. The van der Waals surface area contributed by atoms with Crippen LogP contribution in [-0.2, 0) is 4.74 Å². The summed E-state index contributed by atoms with van der Waals surface area (Å²) in [5.74, 6) is -0.333. The summed E-state index contributed by atoms with van der Waals surface area (Å²) in [4.78, 5) is 12.9. The first-order valence-electron chi connectivity index (χ1n) is 9.74. The Morgan fingerprint density at radius 2 is 1.69 bits per heavy atom. The van der Waals surface area contributed by atoms with E-state index in [1.54, 1.807) is 0 Å². The molecule has 1 fully saturated rings. The van der Waals surface area contributed by atoms with E-state index < -0.39 is 48.3 Å². The van der Waals surface area contributed by atoms with Crippen molar-refractivity contribution in [3.63, 3.8) is 0 Å². The minimum atomic E-state index is -1.67. The van der Waals surface area contributed by atoms with E-state index in [2.05, 4.69) is 0 Å². The maximum absolute atomic E-state index is 12.9. The van der Waals surface area contributed by atoms with Gasteiger partial charge in [0.15, 0.2) is 11.0 Å². The monoisotopic (exact) mass is 446 g/mol. The number of phenolic OH excluding ortho intramolecular Hbond substituents is 2. The summed E-state index contributed by atoms with van der Waals surface area (Å²) in [6.07, 6.45) is -7.51. The van der Waals surface area contributed by atoms with E-state index >= 15 is 0 Å². The Morgan fingerprint density at radius 3 is 2.31 bits per heavy atom. The first-order valence-corrected chi connectivity index (χ1v) is 9.74. The Labute approximate surface area is 181 Å². The molecule has 10 heteroatoms. The molecule has 3 aromatic rings. The standard InChI is InChI=1S/C22H22O10/c1-30-14-7-12(26)16-11(25)6-13(9-2-4-10(24)5-3-9)31-21(16)17(14)22-20(29)19(28)18(27)15(8-23)32-22/h2-7,15,18-20,22-24,26-29H,8H2,1H3/t15-,18-,19+,20-,22+/m1/s1. The van der Waals surface area contributed by atoms with Gasteiger partial charge in [-0.25, -0.2) is 0 Å². The maximum Gasteiger partial charge on any atom is 0.197 e. The third kappa shape index (κ3) is 3.57. The Bertz CT molecular complexity index is 1180. The molecule has 2 aromatic carbocycles. The number of fused-ring (bicyclic) bond motifs is 1. The van der Waals surface area contributed by atoms with Crippen LogP contribution in [0.2, 0.25) is 0 Å². The van der Waals surface area contributed by atoms with Crippen LogP contribution < -0.4 is 10.2 Å². The van der Waals surface area contributed by atoms with Crippen molar-refractivity contribution < 1.29 is 44.5 Å². The molecule has 0 radical (unpaired) electrons. The summed E-state index contributed by atoms with van der Waals surface area (Å²) < 4.78 is 16.9. The third-order valence-electron chi connectivity index (χ3n) is 5.53. The van der Waals surface area contributed by atoms with Gasteiger partial charge < -0.3 is 44.5 Å². The van der Waals surface area contributed by atoms with E-state index in [0.29, 0.717) is 5.56 Å². The van der Waals surface area contributed by atoms with Gasteiger partial charge in [0.2, 0.25) is 0 Å². The van der Waals surface area contributed by atoms with E-state index in [-0.39, 0.29) is 33.8 Å². The van der Waals surface area contributed by atoms with Gasteiger partial charge in [-0.15, -0.1) is 0 Å². The minimum absolute atomic E-state index is 0.00895. The molecule has 0 unspecified atom stereocenters. The molecule has 1 aromatic heterocycles. The van der Waals surface area contributed by atoms with Crippen molar-refractivity contribution in [2.75, 3.05) is 13.7 Å². The number of benzene rings is 2. The van der Waals surface area contributed by atoms with E-state index in [0.717, 1.165) is 12.1 Å². The summed E-state index contributed by atoms with van der Waals surface area (Å²) in [6, 6.07) is 8.16. The van der Waals surface area contributed by atoms with Gasteiger partial charge in [0.05, 0.1) is 19.3 Å². The summed E-state index contributed by atoms with van der Waals surface area (Å²) >= 11 is 0. The second-order valence-corrected chi connectivity index (χ2v) is 7.49. The fourth-order valence-electron chi connectivity index (χ4n) is 3.86. The summed E-state index contributed by atoms with van der Waals surface area (Å²) in [5.41, 5.74) is -0.305. The normalized spacial score (nSPS) is 25.7. The van der Waals surface area contributed by atoms with Crippen LogP contribution in [0.15, 0.2) is 45.6 Å². The van der Waals surface area contributed by atoms with E-state index in [4.69, 9.17) is 13.9 Å². The van der Waals surface area contributed by atoms with Gasteiger partial charge in [0, 0.05) is 17.7 Å². The van der Waals surface area contributed by atoms with Crippen molar-refractivity contribution >= 4 is 11.0 Å². The number of hydrogen-bond donors (Lipinski definition) is 6. The molecular weight excluding hydrogens is 424 g/mol. The van der Waals surface area contributed by atoms with Gasteiger partial charge >= 0.3 is 0 Å². The first-order chi connectivity index (χ1) is 15.3. The van der Waals surface area contributed by atoms with E-state index in [1.165, 1.54) is 31.4 Å². The van der Waals surface area contributed by atoms with Gasteiger partial charge in [0.1, 0.15) is 58.9 Å². The van der Waals surface area contributed by atoms with Crippen LogP contribution in [0.5, 0.6) is 17.2 Å². The van der Waals surface area contributed by atoms with Crippen LogP contribution >= 0.6 is 0 Å². The van der Waals surface area contributed by atoms with Gasteiger partial charge in [-0.05, 0) is 24.3 Å². The SMILES string of the molecule is COc1cc(O)c2c(=O)cc(-c3ccc(O)cc3)oc2c1[C@@H]1O[C@H](CO)[C@@H](O)[C@H](O)[C@H]1O. The number of aromatic hydroxyl groups is 2. The van der Waals surface area contributed by atoms with Crippen molar-refractivity contribution in [2.45, 2.75) is 30.5 Å². The van der Waals surface area contributed by atoms with Gasteiger partial charge in [0.25, 0.3) is 0 Å². The highest BCUT2D eigenvalue weighted by molar-refractivity contribution is 5.89. The molecule has 2 heterocycles. The predicted molar refractivity (Wildman–Crippen MR) is 111 cm³/mol. The van der Waals surface area contributed by atoms with Crippen LogP contribution in [0.25, 0.3) is 22.3 Å². The number of aliphatic hydroxyl groups is 4. The predicted octanol–water partition coefficient (Wildman–Crippen LogP) is 0.395. The van der Waals surface area contributed by atoms with Crippen molar-refractivity contribution in [3.05, 3.63) is 52.2 Å². The van der Waals surface area contributed by atoms with Crippen LogP contribution in [0.4, 0.5) is 0 Å². The summed E-state index contributed by atoms with van der Waals surface area (Å²) in [7, 11) is 1.29. The highest BCUT2D eigenvalue weighted by Crippen LogP contribution is 2.44. The van der Waals surface area contributed by atoms with E-state index in [9.17, 15) is 35.4 Å². The van der Waals surface area contributed by atoms with Crippen molar-refractivity contribution in [3.8, 4) is 28.6 Å². The van der Waals surface area contributed by atoms with Crippen molar-refractivity contribution in [2.24, 2.45) is 0 Å². The zero-order valence-corrected chi connectivity index (χ0v) is 16.9.